The summed E-state index contributed by atoms with van der Waals surface area (Å²) >= 11 is -0.00484. The van der Waals surface area contributed by atoms with Crippen LogP contribution in [0.1, 0.15) is 11.1 Å². The van der Waals surface area contributed by atoms with E-state index in [9.17, 15) is 0 Å². The van der Waals surface area contributed by atoms with Gasteiger partial charge in [-0.2, -0.15) is 0 Å². The van der Waals surface area contributed by atoms with Crippen LogP contribution in [0.3, 0.4) is 0 Å². The van der Waals surface area contributed by atoms with Crippen molar-refractivity contribution in [1.29, 1.82) is 0 Å². The maximum Gasteiger partial charge on any atom is 0.357 e. The average Bonchev–Trinajstić information content (AvgIpc) is 2.17. The Morgan fingerprint density at radius 3 is 1.93 bits per heavy atom. The number of hydrogen-bond acceptors (Lipinski definition) is 0. The van der Waals surface area contributed by atoms with Crippen molar-refractivity contribution in [3.63, 3.8) is 0 Å². The highest BCUT2D eigenvalue weighted by Crippen LogP contribution is 2.01. The zero-order valence-electron chi connectivity index (χ0n) is 9.00. The van der Waals surface area contributed by atoms with Gasteiger partial charge in [0, 0.05) is 0 Å². The summed E-state index contributed by atoms with van der Waals surface area (Å²) in [4.78, 5) is 0. The lowest BCUT2D eigenvalue weighted by molar-refractivity contribution is -0.597. The number of benzene rings is 2. The van der Waals surface area contributed by atoms with E-state index in [1.165, 1.54) is 18.3 Å². The van der Waals surface area contributed by atoms with Crippen LogP contribution in [0.2, 0.25) is 0 Å². The molecule has 2 aromatic rings. The van der Waals surface area contributed by atoms with Crippen LogP contribution < -0.4 is 21.2 Å². The molecule has 0 heterocycles. The van der Waals surface area contributed by atoms with Gasteiger partial charge in [-0.1, -0.05) is 24.3 Å². The van der Waals surface area contributed by atoms with E-state index in [2.05, 4.69) is 62.4 Å². The first-order valence-electron chi connectivity index (χ1n) is 5.02. The predicted octanol–water partition coefficient (Wildman–Crippen LogP) is 0.432. The fourth-order valence-corrected chi connectivity index (χ4v) is 4.37. The SMILES string of the molecule is Cc1cc(C)cc([I+]c2ccccc2)c1. The zero-order chi connectivity index (χ0) is 10.7. The molecule has 0 N–H and O–H groups in total. The Kier molecular flexibility index (Phi) is 3.41. The fourth-order valence-electron chi connectivity index (χ4n) is 1.58. The van der Waals surface area contributed by atoms with E-state index < -0.39 is 0 Å². The first-order valence-corrected chi connectivity index (χ1v) is 7.18. The lowest BCUT2D eigenvalue weighted by Gasteiger charge is -1.94. The molecule has 15 heavy (non-hydrogen) atoms. The van der Waals surface area contributed by atoms with Gasteiger partial charge >= 0.3 is 21.2 Å². The maximum absolute atomic E-state index is 2.31. The monoisotopic (exact) mass is 309 g/mol. The first kappa shape index (κ1) is 10.7. The summed E-state index contributed by atoms with van der Waals surface area (Å²) in [7, 11) is 0. The maximum atomic E-state index is 2.31. The van der Waals surface area contributed by atoms with Gasteiger partial charge in [0.25, 0.3) is 0 Å². The standard InChI is InChI=1S/C14H14I/c1-11-8-12(2)10-14(9-11)15-13-6-4-3-5-7-13/h3-10H,1-2H3/q+1. The average molecular weight is 309 g/mol. The molecule has 0 aliphatic rings. The first-order chi connectivity index (χ1) is 7.24. The van der Waals surface area contributed by atoms with Crippen molar-refractivity contribution in [3.8, 4) is 0 Å². The van der Waals surface area contributed by atoms with Crippen molar-refractivity contribution in [2.24, 2.45) is 0 Å². The topological polar surface area (TPSA) is 0 Å². The van der Waals surface area contributed by atoms with E-state index in [0.29, 0.717) is 0 Å². The van der Waals surface area contributed by atoms with Gasteiger partial charge < -0.3 is 0 Å². The third-order valence-electron chi connectivity index (χ3n) is 2.14. The Bertz CT molecular complexity index is 426. The van der Waals surface area contributed by atoms with E-state index in [0.717, 1.165) is 0 Å². The second-order valence-electron chi connectivity index (χ2n) is 3.70. The molecule has 0 radical (unpaired) electrons. The van der Waals surface area contributed by atoms with Gasteiger partial charge in [0.05, 0.1) is 0 Å². The minimum atomic E-state index is -0.00484. The van der Waals surface area contributed by atoms with E-state index >= 15 is 0 Å². The van der Waals surface area contributed by atoms with Crippen LogP contribution in [0.25, 0.3) is 0 Å². The molecule has 2 aromatic carbocycles. The van der Waals surface area contributed by atoms with Gasteiger partial charge in [0.15, 0.2) is 7.14 Å². The fraction of sp³-hybridized carbons (Fsp3) is 0.143. The number of halogens is 1. The molecular weight excluding hydrogens is 295 g/mol. The molecule has 0 saturated heterocycles. The highest BCUT2D eigenvalue weighted by atomic mass is 127. The summed E-state index contributed by atoms with van der Waals surface area (Å²) in [6.45, 7) is 4.34. The quantitative estimate of drug-likeness (QED) is 0.706. The Hall–Kier alpha value is -0.830. The molecule has 0 fully saturated rings. The van der Waals surface area contributed by atoms with Crippen LogP contribution in [-0.2, 0) is 0 Å². The molecular formula is C14H14I+. The van der Waals surface area contributed by atoms with E-state index in [1.807, 2.05) is 0 Å². The third kappa shape index (κ3) is 3.06. The van der Waals surface area contributed by atoms with Gasteiger partial charge in [-0.15, -0.1) is 0 Å². The summed E-state index contributed by atoms with van der Waals surface area (Å²) < 4.78 is 3.00. The van der Waals surface area contributed by atoms with Crippen molar-refractivity contribution < 1.29 is 21.2 Å². The molecule has 0 saturated carbocycles. The normalized spacial score (nSPS) is 10.3. The van der Waals surface area contributed by atoms with E-state index in [1.54, 1.807) is 0 Å². The Labute approximate surface area is 102 Å². The summed E-state index contributed by atoms with van der Waals surface area (Å²) in [6.07, 6.45) is 0. The Morgan fingerprint density at radius 2 is 1.33 bits per heavy atom. The van der Waals surface area contributed by atoms with Crippen LogP contribution in [-0.4, -0.2) is 0 Å². The number of rotatable bonds is 2. The Morgan fingerprint density at radius 1 is 0.733 bits per heavy atom. The molecule has 0 aromatic heterocycles. The van der Waals surface area contributed by atoms with Crippen molar-refractivity contribution >= 4 is 0 Å². The van der Waals surface area contributed by atoms with Gasteiger partial charge in [-0.25, -0.2) is 0 Å². The van der Waals surface area contributed by atoms with Crippen molar-refractivity contribution in [2.75, 3.05) is 0 Å². The van der Waals surface area contributed by atoms with Gasteiger partial charge in [0.1, 0.15) is 0 Å². The predicted molar refractivity (Wildman–Crippen MR) is 59.8 cm³/mol. The molecule has 0 spiro atoms. The van der Waals surface area contributed by atoms with Crippen molar-refractivity contribution in [2.45, 2.75) is 13.8 Å². The van der Waals surface area contributed by atoms with Gasteiger partial charge in [0.2, 0.25) is 0 Å². The van der Waals surface area contributed by atoms with Crippen LogP contribution in [0, 0.1) is 21.0 Å². The molecule has 1 heteroatoms. The molecule has 0 bridgehead atoms. The highest BCUT2D eigenvalue weighted by molar-refractivity contribution is 5.20. The minimum absolute atomic E-state index is 0.00484. The third-order valence-corrected chi connectivity index (χ3v) is 4.73. The van der Waals surface area contributed by atoms with Crippen LogP contribution >= 0.6 is 0 Å². The summed E-state index contributed by atoms with van der Waals surface area (Å²) in [6, 6.07) is 17.6. The molecule has 0 aliphatic heterocycles. The van der Waals surface area contributed by atoms with E-state index in [4.69, 9.17) is 0 Å². The largest absolute Gasteiger partial charge is 0.357 e. The molecule has 2 rings (SSSR count). The summed E-state index contributed by atoms with van der Waals surface area (Å²) in [5.41, 5.74) is 2.75. The number of hydrogen-bond donors (Lipinski definition) is 0. The summed E-state index contributed by atoms with van der Waals surface area (Å²) in [5.74, 6) is 0. The van der Waals surface area contributed by atoms with Crippen LogP contribution in [0.5, 0.6) is 0 Å². The van der Waals surface area contributed by atoms with Crippen LogP contribution in [0.4, 0.5) is 0 Å². The molecule has 76 valence electrons. The molecule has 0 atom stereocenters. The van der Waals surface area contributed by atoms with Crippen LogP contribution in [0.15, 0.2) is 48.5 Å². The lowest BCUT2D eigenvalue weighted by atomic mass is 10.2. The number of aryl methyl sites for hydroxylation is 2. The molecule has 0 aliphatic carbocycles. The Balaban J connectivity index is 2.25. The van der Waals surface area contributed by atoms with Crippen molar-refractivity contribution in [1.82, 2.24) is 0 Å². The smallest absolute Gasteiger partial charge is 0.0619 e. The molecule has 0 amide bonds. The highest BCUT2D eigenvalue weighted by Gasteiger charge is 2.14. The van der Waals surface area contributed by atoms with Gasteiger partial charge in [-0.05, 0) is 49.2 Å². The second kappa shape index (κ2) is 4.79. The second-order valence-corrected chi connectivity index (χ2v) is 6.73. The zero-order valence-corrected chi connectivity index (χ0v) is 11.2. The van der Waals surface area contributed by atoms with Gasteiger partial charge in [-0.3, -0.25) is 0 Å². The molecule has 0 nitrogen and oxygen atoms in total. The summed E-state index contributed by atoms with van der Waals surface area (Å²) in [5, 5.41) is 0. The molecule has 0 unspecified atom stereocenters. The minimum Gasteiger partial charge on any atom is -0.0619 e. The van der Waals surface area contributed by atoms with Crippen molar-refractivity contribution in [3.05, 3.63) is 66.8 Å². The lowest BCUT2D eigenvalue weighted by Crippen LogP contribution is -3.61. The van der Waals surface area contributed by atoms with E-state index in [-0.39, 0.29) is 21.2 Å².